The molecule has 5 heteroatoms. The van der Waals surface area contributed by atoms with Crippen molar-refractivity contribution in [3.63, 3.8) is 0 Å². The van der Waals surface area contributed by atoms with E-state index in [1.165, 1.54) is 11.1 Å². The summed E-state index contributed by atoms with van der Waals surface area (Å²) in [5.74, 6) is 1.41. The van der Waals surface area contributed by atoms with Gasteiger partial charge in [-0.15, -0.1) is 0 Å². The molecule has 2 heterocycles. The van der Waals surface area contributed by atoms with Gasteiger partial charge in [0.25, 0.3) is 0 Å². The fraction of sp³-hybridized carbons (Fsp3) is 0.348. The Hall–Kier alpha value is -2.79. The van der Waals surface area contributed by atoms with E-state index in [1.54, 1.807) is 20.3 Å². The van der Waals surface area contributed by atoms with Crippen molar-refractivity contribution in [2.45, 2.75) is 19.4 Å². The lowest BCUT2D eigenvalue weighted by atomic mass is 9.89. The molecule has 3 aromatic rings. The fourth-order valence-corrected chi connectivity index (χ4v) is 4.09. The summed E-state index contributed by atoms with van der Waals surface area (Å²) in [5, 5.41) is 1.23. The highest BCUT2D eigenvalue weighted by molar-refractivity contribution is 6.00. The molecule has 0 saturated carbocycles. The van der Waals surface area contributed by atoms with Crippen LogP contribution >= 0.6 is 0 Å². The number of hydrogen-bond acceptors (Lipinski definition) is 4. The Morgan fingerprint density at radius 2 is 2.00 bits per heavy atom. The molecule has 0 radical (unpaired) electrons. The van der Waals surface area contributed by atoms with Crippen LogP contribution in [0.15, 0.2) is 48.5 Å². The third-order valence-corrected chi connectivity index (χ3v) is 5.53. The summed E-state index contributed by atoms with van der Waals surface area (Å²) in [5.41, 5.74) is 2.99. The zero-order chi connectivity index (χ0) is 19.5. The summed E-state index contributed by atoms with van der Waals surface area (Å²) in [6, 6.07) is 15.9. The average Bonchev–Trinajstić information content (AvgIpc) is 3.15. The third-order valence-electron chi connectivity index (χ3n) is 5.53. The lowest BCUT2D eigenvalue weighted by molar-refractivity contribution is 0.0807. The van der Waals surface area contributed by atoms with Crippen LogP contribution in [0.4, 0.5) is 0 Å². The number of aromatic amines is 1. The van der Waals surface area contributed by atoms with Crippen LogP contribution in [-0.4, -0.2) is 43.0 Å². The number of nitrogens with one attached hydrogen (secondary N) is 1. The molecule has 1 fully saturated rings. The third kappa shape index (κ3) is 3.76. The second-order valence-corrected chi connectivity index (χ2v) is 7.39. The lowest BCUT2D eigenvalue weighted by Gasteiger charge is -2.31. The largest absolute Gasteiger partial charge is 0.497 e. The van der Waals surface area contributed by atoms with Gasteiger partial charge in [-0.1, -0.05) is 18.2 Å². The van der Waals surface area contributed by atoms with E-state index in [4.69, 9.17) is 9.47 Å². The predicted molar refractivity (Wildman–Crippen MR) is 110 cm³/mol. The predicted octanol–water partition coefficient (Wildman–Crippen LogP) is 4.28. The minimum atomic E-state index is -0.0135. The Kier molecular flexibility index (Phi) is 5.35. The number of rotatable bonds is 6. The number of fused-ring (bicyclic) bond motifs is 1. The first-order valence-corrected chi connectivity index (χ1v) is 9.73. The minimum absolute atomic E-state index is 0.0135. The summed E-state index contributed by atoms with van der Waals surface area (Å²) in [4.78, 5) is 19.0. The van der Waals surface area contributed by atoms with Gasteiger partial charge in [0, 0.05) is 36.3 Å². The van der Waals surface area contributed by atoms with Gasteiger partial charge in [-0.2, -0.15) is 0 Å². The standard InChI is InChI=1S/C23H26N2O3/c1-27-19-9-10-20(22(13-19)28-2)23(26)17-7-5-11-25(14-17)15-18-12-16-6-3-4-8-21(16)24-18/h3-4,6,8-10,12-13,17,24H,5,7,11,14-15H2,1-2H3/t17-/m1/s1. The number of ketones is 1. The van der Waals surface area contributed by atoms with Crippen LogP contribution in [-0.2, 0) is 6.54 Å². The van der Waals surface area contributed by atoms with Gasteiger partial charge in [0.05, 0.1) is 19.8 Å². The molecule has 28 heavy (non-hydrogen) atoms. The van der Waals surface area contributed by atoms with Crippen molar-refractivity contribution in [3.8, 4) is 11.5 Å². The summed E-state index contributed by atoms with van der Waals surface area (Å²) in [6.07, 6.45) is 1.94. The molecule has 1 atom stereocenters. The maximum Gasteiger partial charge on any atom is 0.170 e. The molecule has 146 valence electrons. The number of Topliss-reactive ketones (excluding diaryl/α,β-unsaturated/α-hetero) is 1. The van der Waals surface area contributed by atoms with E-state index in [9.17, 15) is 4.79 Å². The second-order valence-electron chi connectivity index (χ2n) is 7.39. The van der Waals surface area contributed by atoms with Crippen LogP contribution in [0.5, 0.6) is 11.5 Å². The Bertz CT molecular complexity index is 946. The van der Waals surface area contributed by atoms with Crippen molar-refractivity contribution < 1.29 is 14.3 Å². The average molecular weight is 378 g/mol. The number of benzene rings is 2. The monoisotopic (exact) mass is 378 g/mol. The maximum atomic E-state index is 13.2. The minimum Gasteiger partial charge on any atom is -0.497 e. The summed E-state index contributed by atoms with van der Waals surface area (Å²) in [6.45, 7) is 2.61. The van der Waals surface area contributed by atoms with Crippen molar-refractivity contribution in [3.05, 3.63) is 59.8 Å². The molecule has 0 unspecified atom stereocenters. The molecule has 0 bridgehead atoms. The molecule has 1 aliphatic rings. The molecule has 2 aromatic carbocycles. The Morgan fingerprint density at radius 3 is 2.79 bits per heavy atom. The van der Waals surface area contributed by atoms with Gasteiger partial charge >= 0.3 is 0 Å². The van der Waals surface area contributed by atoms with E-state index < -0.39 is 0 Å². The van der Waals surface area contributed by atoms with Gasteiger partial charge < -0.3 is 14.5 Å². The van der Waals surface area contributed by atoms with Gasteiger partial charge in [-0.25, -0.2) is 0 Å². The van der Waals surface area contributed by atoms with E-state index in [2.05, 4.69) is 34.1 Å². The summed E-state index contributed by atoms with van der Waals surface area (Å²) >= 11 is 0. The number of para-hydroxylation sites is 1. The first-order valence-electron chi connectivity index (χ1n) is 9.73. The molecule has 1 aliphatic heterocycles. The normalized spacial score (nSPS) is 17.6. The van der Waals surface area contributed by atoms with Crippen molar-refractivity contribution in [1.82, 2.24) is 9.88 Å². The van der Waals surface area contributed by atoms with Crippen molar-refractivity contribution in [1.29, 1.82) is 0 Å². The van der Waals surface area contributed by atoms with E-state index in [1.807, 2.05) is 18.2 Å². The fourth-order valence-electron chi connectivity index (χ4n) is 4.09. The first-order chi connectivity index (χ1) is 13.7. The smallest absolute Gasteiger partial charge is 0.170 e. The van der Waals surface area contributed by atoms with Crippen molar-refractivity contribution in [2.24, 2.45) is 5.92 Å². The van der Waals surface area contributed by atoms with E-state index >= 15 is 0 Å². The van der Waals surface area contributed by atoms with Crippen LogP contribution < -0.4 is 9.47 Å². The highest BCUT2D eigenvalue weighted by atomic mass is 16.5. The van der Waals surface area contributed by atoms with Gasteiger partial charge in [0.2, 0.25) is 0 Å². The van der Waals surface area contributed by atoms with Gasteiger partial charge in [-0.05, 0) is 49.0 Å². The van der Waals surface area contributed by atoms with Crippen LogP contribution in [0.3, 0.4) is 0 Å². The van der Waals surface area contributed by atoms with Crippen molar-refractivity contribution >= 4 is 16.7 Å². The molecule has 0 aliphatic carbocycles. The highest BCUT2D eigenvalue weighted by Crippen LogP contribution is 2.30. The van der Waals surface area contributed by atoms with Gasteiger partial charge in [0.15, 0.2) is 5.78 Å². The number of methoxy groups -OCH3 is 2. The van der Waals surface area contributed by atoms with Crippen LogP contribution in [0, 0.1) is 5.92 Å². The number of aromatic nitrogens is 1. The molecule has 0 amide bonds. The van der Waals surface area contributed by atoms with Crippen LogP contribution in [0.25, 0.3) is 10.9 Å². The molecule has 1 N–H and O–H groups in total. The Balaban J connectivity index is 1.48. The van der Waals surface area contributed by atoms with Crippen LogP contribution in [0.2, 0.25) is 0 Å². The SMILES string of the molecule is COc1ccc(C(=O)[C@@H]2CCCN(Cc3cc4ccccc4[nH]3)C2)c(OC)c1. The van der Waals surface area contributed by atoms with Gasteiger partial charge in [0.1, 0.15) is 11.5 Å². The number of hydrogen-bond donors (Lipinski definition) is 1. The molecule has 1 saturated heterocycles. The molecule has 0 spiro atoms. The number of carbonyl (C=O) groups is 1. The number of piperidine rings is 1. The zero-order valence-electron chi connectivity index (χ0n) is 16.4. The Labute approximate surface area is 165 Å². The quantitative estimate of drug-likeness (QED) is 0.651. The molecule has 5 nitrogen and oxygen atoms in total. The van der Waals surface area contributed by atoms with Gasteiger partial charge in [-0.3, -0.25) is 9.69 Å². The molecule has 4 rings (SSSR count). The number of likely N-dealkylation sites (tertiary alicyclic amines) is 1. The number of carbonyl (C=O) groups excluding carboxylic acids is 1. The first kappa shape index (κ1) is 18.6. The van der Waals surface area contributed by atoms with Crippen LogP contribution in [0.1, 0.15) is 28.9 Å². The number of ether oxygens (including phenoxy) is 2. The maximum absolute atomic E-state index is 13.2. The lowest BCUT2D eigenvalue weighted by Crippen LogP contribution is -2.38. The van der Waals surface area contributed by atoms with E-state index in [0.29, 0.717) is 17.1 Å². The van der Waals surface area contributed by atoms with Crippen molar-refractivity contribution in [2.75, 3.05) is 27.3 Å². The Morgan fingerprint density at radius 1 is 1.14 bits per heavy atom. The molecular weight excluding hydrogens is 352 g/mol. The van der Waals surface area contributed by atoms with E-state index in [0.717, 1.165) is 38.0 Å². The number of H-pyrrole nitrogens is 1. The number of nitrogens with zero attached hydrogens (tertiary/aromatic N) is 1. The highest BCUT2D eigenvalue weighted by Gasteiger charge is 2.28. The summed E-state index contributed by atoms with van der Waals surface area (Å²) in [7, 11) is 3.20. The topological polar surface area (TPSA) is 54.6 Å². The molecule has 1 aromatic heterocycles. The second kappa shape index (κ2) is 8.07. The van der Waals surface area contributed by atoms with E-state index in [-0.39, 0.29) is 11.7 Å². The summed E-state index contributed by atoms with van der Waals surface area (Å²) < 4.78 is 10.7. The molecular formula is C23H26N2O3. The zero-order valence-corrected chi connectivity index (χ0v) is 16.4.